The van der Waals surface area contributed by atoms with Crippen LogP contribution in [-0.4, -0.2) is 68.2 Å². The molecule has 8 heteroatoms. The molecule has 3 aromatic rings. The Morgan fingerprint density at radius 2 is 2.00 bits per heavy atom. The summed E-state index contributed by atoms with van der Waals surface area (Å²) in [6.45, 7) is 2.70. The highest BCUT2D eigenvalue weighted by Gasteiger charge is 2.46. The molecule has 154 valence electrons. The Kier molecular flexibility index (Phi) is 5.09. The lowest BCUT2D eigenvalue weighted by Crippen LogP contribution is -2.35. The van der Waals surface area contributed by atoms with Crippen molar-refractivity contribution in [1.82, 2.24) is 24.2 Å². The first-order valence-corrected chi connectivity index (χ1v) is 9.67. The van der Waals surface area contributed by atoms with E-state index in [1.807, 2.05) is 37.2 Å². The maximum absolute atomic E-state index is 13.1. The topological polar surface area (TPSA) is 91.0 Å². The number of aliphatic hydroxyl groups is 1. The molecule has 0 radical (unpaired) electrons. The van der Waals surface area contributed by atoms with Gasteiger partial charge in [0.2, 0.25) is 0 Å². The quantitative estimate of drug-likeness (QED) is 0.397. The van der Waals surface area contributed by atoms with E-state index in [0.717, 1.165) is 0 Å². The summed E-state index contributed by atoms with van der Waals surface area (Å²) in [7, 11) is 3.80. The Hall–Kier alpha value is -3.52. The van der Waals surface area contributed by atoms with Gasteiger partial charge in [-0.05, 0) is 44.8 Å². The molecule has 1 atom stereocenters. The summed E-state index contributed by atoms with van der Waals surface area (Å²) < 4.78 is 1.72. The van der Waals surface area contributed by atoms with E-state index in [1.165, 1.54) is 4.90 Å². The zero-order valence-corrected chi connectivity index (χ0v) is 17.1. The molecule has 1 unspecified atom stereocenters. The monoisotopic (exact) mass is 405 g/mol. The van der Waals surface area contributed by atoms with Crippen LogP contribution in [0.3, 0.4) is 0 Å². The molecule has 3 aromatic heterocycles. The summed E-state index contributed by atoms with van der Waals surface area (Å²) in [5, 5.41) is 11.3. The number of aryl methyl sites for hydroxylation is 1. The van der Waals surface area contributed by atoms with Crippen LogP contribution >= 0.6 is 0 Å². The van der Waals surface area contributed by atoms with E-state index in [-0.39, 0.29) is 11.3 Å². The number of carbonyl (C=O) groups excluding carboxylic acids is 2. The van der Waals surface area contributed by atoms with Crippen LogP contribution in [0.1, 0.15) is 23.0 Å². The standard InChI is InChI=1S/C22H23N5O3/c1-14-18(26-10-5-4-8-16(26)24-14)20(28)17-19(15-7-6-9-23-13-15)27(12-11-25(2)3)22(30)21(17)29/h4-10,13,19,28H,11-12H2,1-3H3. The van der Waals surface area contributed by atoms with E-state index in [1.54, 1.807) is 42.0 Å². The number of aliphatic hydroxyl groups excluding tert-OH is 1. The van der Waals surface area contributed by atoms with E-state index in [0.29, 0.717) is 35.7 Å². The molecule has 0 aliphatic carbocycles. The third-order valence-corrected chi connectivity index (χ3v) is 5.26. The summed E-state index contributed by atoms with van der Waals surface area (Å²) in [6, 6.07) is 8.33. The first kappa shape index (κ1) is 19.8. The SMILES string of the molecule is Cc1nc2ccccn2c1C(O)=C1C(=O)C(=O)N(CCN(C)C)C1c1cccnc1. The number of amides is 1. The maximum atomic E-state index is 13.1. The van der Waals surface area contributed by atoms with E-state index in [4.69, 9.17) is 0 Å². The molecule has 0 spiro atoms. The largest absolute Gasteiger partial charge is 0.505 e. The molecule has 1 fully saturated rings. The minimum absolute atomic E-state index is 0.0560. The average Bonchev–Trinajstić information content (AvgIpc) is 3.20. The van der Waals surface area contributed by atoms with Crippen molar-refractivity contribution in [2.45, 2.75) is 13.0 Å². The van der Waals surface area contributed by atoms with Crippen molar-refractivity contribution in [3.05, 3.63) is 71.4 Å². The summed E-state index contributed by atoms with van der Waals surface area (Å²) >= 11 is 0. The molecule has 1 aliphatic rings. The maximum Gasteiger partial charge on any atom is 0.295 e. The number of rotatable bonds is 5. The van der Waals surface area contributed by atoms with Crippen LogP contribution in [0, 0.1) is 6.92 Å². The van der Waals surface area contributed by atoms with Gasteiger partial charge >= 0.3 is 0 Å². The molecule has 8 nitrogen and oxygen atoms in total. The van der Waals surface area contributed by atoms with Gasteiger partial charge in [-0.2, -0.15) is 0 Å². The van der Waals surface area contributed by atoms with Gasteiger partial charge < -0.3 is 14.9 Å². The normalized spacial score (nSPS) is 18.7. The van der Waals surface area contributed by atoms with Gasteiger partial charge in [0.15, 0.2) is 5.76 Å². The summed E-state index contributed by atoms with van der Waals surface area (Å²) in [5.41, 5.74) is 2.36. The average molecular weight is 405 g/mol. The second kappa shape index (κ2) is 7.72. The van der Waals surface area contributed by atoms with Crippen LogP contribution in [-0.2, 0) is 9.59 Å². The molecule has 0 bridgehead atoms. The molecular formula is C22H23N5O3. The summed E-state index contributed by atoms with van der Waals surface area (Å²) in [4.78, 5) is 38.0. The third kappa shape index (κ3) is 3.25. The van der Waals surface area contributed by atoms with Crippen molar-refractivity contribution < 1.29 is 14.7 Å². The Morgan fingerprint density at radius 1 is 1.20 bits per heavy atom. The molecule has 0 aromatic carbocycles. The molecule has 0 saturated carbocycles. The van der Waals surface area contributed by atoms with Gasteiger partial charge in [-0.1, -0.05) is 12.1 Å². The predicted octanol–water partition coefficient (Wildman–Crippen LogP) is 2.02. The lowest BCUT2D eigenvalue weighted by Gasteiger charge is -2.26. The van der Waals surface area contributed by atoms with E-state index in [9.17, 15) is 14.7 Å². The van der Waals surface area contributed by atoms with E-state index in [2.05, 4.69) is 9.97 Å². The van der Waals surface area contributed by atoms with Gasteiger partial charge in [0.25, 0.3) is 11.7 Å². The Labute approximate surface area is 174 Å². The molecular weight excluding hydrogens is 382 g/mol. The fraction of sp³-hybridized carbons (Fsp3) is 0.273. The first-order chi connectivity index (χ1) is 14.4. The molecule has 1 amide bonds. The molecule has 30 heavy (non-hydrogen) atoms. The Morgan fingerprint density at radius 3 is 2.70 bits per heavy atom. The Balaban J connectivity index is 1.92. The van der Waals surface area contributed by atoms with Crippen molar-refractivity contribution in [3.63, 3.8) is 0 Å². The lowest BCUT2D eigenvalue weighted by atomic mass is 9.97. The third-order valence-electron chi connectivity index (χ3n) is 5.26. The molecule has 1 N–H and O–H groups in total. The second-order valence-electron chi connectivity index (χ2n) is 7.56. The highest BCUT2D eigenvalue weighted by molar-refractivity contribution is 6.46. The van der Waals surface area contributed by atoms with Crippen molar-refractivity contribution in [2.24, 2.45) is 0 Å². The number of imidazole rings is 1. The first-order valence-electron chi connectivity index (χ1n) is 9.67. The number of pyridine rings is 2. The molecule has 4 rings (SSSR count). The Bertz CT molecular complexity index is 1150. The highest BCUT2D eigenvalue weighted by atomic mass is 16.3. The molecule has 1 aliphatic heterocycles. The second-order valence-corrected chi connectivity index (χ2v) is 7.56. The number of hydrogen-bond donors (Lipinski definition) is 1. The van der Waals surface area contributed by atoms with Gasteiger partial charge in [0.05, 0.1) is 17.3 Å². The number of hydrogen-bond acceptors (Lipinski definition) is 6. The van der Waals surface area contributed by atoms with Gasteiger partial charge in [0.1, 0.15) is 11.3 Å². The minimum Gasteiger partial charge on any atom is -0.505 e. The van der Waals surface area contributed by atoms with Crippen LogP contribution in [0.25, 0.3) is 11.4 Å². The zero-order valence-electron chi connectivity index (χ0n) is 17.1. The number of aromatic nitrogens is 3. The van der Waals surface area contributed by atoms with Crippen LogP contribution in [0.5, 0.6) is 0 Å². The number of carbonyl (C=O) groups is 2. The summed E-state index contributed by atoms with van der Waals surface area (Å²) in [5.74, 6) is -1.56. The highest BCUT2D eigenvalue weighted by Crippen LogP contribution is 2.39. The fourth-order valence-electron chi connectivity index (χ4n) is 3.83. The number of ketones is 1. The van der Waals surface area contributed by atoms with E-state index >= 15 is 0 Å². The number of likely N-dealkylation sites (N-methyl/N-ethyl adjacent to an activating group) is 1. The molecule has 4 heterocycles. The van der Waals surface area contributed by atoms with Crippen molar-refractivity contribution in [3.8, 4) is 0 Å². The summed E-state index contributed by atoms with van der Waals surface area (Å²) in [6.07, 6.45) is 5.02. The van der Waals surface area contributed by atoms with Gasteiger partial charge in [-0.15, -0.1) is 0 Å². The minimum atomic E-state index is -0.715. The van der Waals surface area contributed by atoms with Crippen LogP contribution in [0.2, 0.25) is 0 Å². The fourth-order valence-corrected chi connectivity index (χ4v) is 3.83. The van der Waals surface area contributed by atoms with Crippen molar-refractivity contribution >= 4 is 23.1 Å². The van der Waals surface area contributed by atoms with Crippen LogP contribution in [0.15, 0.2) is 54.5 Å². The van der Waals surface area contributed by atoms with Crippen LogP contribution < -0.4 is 0 Å². The van der Waals surface area contributed by atoms with Crippen molar-refractivity contribution in [1.29, 1.82) is 0 Å². The number of nitrogens with zero attached hydrogens (tertiary/aromatic N) is 5. The van der Waals surface area contributed by atoms with Gasteiger partial charge in [-0.25, -0.2) is 4.98 Å². The predicted molar refractivity (Wildman–Crippen MR) is 112 cm³/mol. The van der Waals surface area contributed by atoms with Crippen LogP contribution in [0.4, 0.5) is 0 Å². The number of fused-ring (bicyclic) bond motifs is 1. The molecule has 1 saturated heterocycles. The smallest absolute Gasteiger partial charge is 0.295 e. The van der Waals surface area contributed by atoms with E-state index < -0.39 is 17.7 Å². The number of likely N-dealkylation sites (tertiary alicyclic amines) is 1. The zero-order chi connectivity index (χ0) is 21.4. The van der Waals surface area contributed by atoms with Gasteiger partial charge in [0, 0.05) is 31.7 Å². The lowest BCUT2D eigenvalue weighted by molar-refractivity contribution is -0.140. The van der Waals surface area contributed by atoms with Gasteiger partial charge in [-0.3, -0.25) is 19.0 Å². The number of Topliss-reactive ketones (excluding diaryl/α,β-unsaturated/α-hetero) is 1. The van der Waals surface area contributed by atoms with Crippen molar-refractivity contribution in [2.75, 3.05) is 27.2 Å².